The maximum absolute atomic E-state index is 5.32. The van der Waals surface area contributed by atoms with Crippen molar-refractivity contribution in [2.75, 3.05) is 24.5 Å². The smallest absolute Gasteiger partial charge is 0.119 e. The quantitative estimate of drug-likeness (QED) is 0.256. The number of nitrogens with zero attached hydrogens (tertiary/aromatic N) is 2. The number of ether oxygens (including phenoxy) is 2. The summed E-state index contributed by atoms with van der Waals surface area (Å²) in [5.41, 5.74) is 8.09. The second-order valence-corrected chi connectivity index (χ2v) is 7.06. The topological polar surface area (TPSA) is 46.1 Å². The Bertz CT molecular complexity index is 1090. The summed E-state index contributed by atoms with van der Waals surface area (Å²) in [5, 5.41) is 4.32. The molecule has 1 N–H and O–H groups in total. The molecule has 0 aromatic heterocycles. The van der Waals surface area contributed by atoms with Crippen LogP contribution in [0.4, 0.5) is 22.7 Å². The van der Waals surface area contributed by atoms with Crippen LogP contribution in [0.15, 0.2) is 108 Å². The normalized spacial score (nSPS) is 10.7. The van der Waals surface area contributed by atoms with Gasteiger partial charge in [-0.05, 0) is 78.4 Å². The number of hydrogen-bond acceptors (Lipinski definition) is 5. The SMILES string of the molecule is COc1ccc(N(c2ccc(/C=N/Nc3ccccc3)cc2)c2ccc(OC)cc2)cc1. The van der Waals surface area contributed by atoms with E-state index in [1.165, 1.54) is 0 Å². The summed E-state index contributed by atoms with van der Waals surface area (Å²) in [6.07, 6.45) is 1.81. The van der Waals surface area contributed by atoms with Gasteiger partial charge in [0.15, 0.2) is 0 Å². The van der Waals surface area contributed by atoms with Crippen LogP contribution in [0.2, 0.25) is 0 Å². The van der Waals surface area contributed by atoms with E-state index in [4.69, 9.17) is 9.47 Å². The molecular weight excluding hydrogens is 398 g/mol. The van der Waals surface area contributed by atoms with Gasteiger partial charge in [0.2, 0.25) is 0 Å². The van der Waals surface area contributed by atoms with Crippen LogP contribution >= 0.6 is 0 Å². The lowest BCUT2D eigenvalue weighted by Crippen LogP contribution is -2.10. The number of para-hydroxylation sites is 1. The van der Waals surface area contributed by atoms with E-state index < -0.39 is 0 Å². The highest BCUT2D eigenvalue weighted by Crippen LogP contribution is 2.36. The number of benzene rings is 4. The Morgan fingerprint density at radius 2 is 1.09 bits per heavy atom. The Morgan fingerprint density at radius 1 is 0.625 bits per heavy atom. The second kappa shape index (κ2) is 10.2. The molecule has 0 fully saturated rings. The van der Waals surface area contributed by atoms with Crippen LogP contribution in [-0.4, -0.2) is 20.4 Å². The van der Waals surface area contributed by atoms with E-state index in [9.17, 15) is 0 Å². The number of hydrazone groups is 1. The van der Waals surface area contributed by atoms with E-state index in [0.29, 0.717) is 0 Å². The molecule has 0 aliphatic carbocycles. The molecule has 0 saturated carbocycles. The van der Waals surface area contributed by atoms with E-state index in [1.807, 2.05) is 97.2 Å². The minimum Gasteiger partial charge on any atom is -0.497 e. The molecule has 0 heterocycles. The van der Waals surface area contributed by atoms with Crippen LogP contribution in [0.5, 0.6) is 11.5 Å². The first-order valence-corrected chi connectivity index (χ1v) is 10.3. The van der Waals surface area contributed by atoms with E-state index in [0.717, 1.165) is 39.8 Å². The van der Waals surface area contributed by atoms with Gasteiger partial charge >= 0.3 is 0 Å². The minimum absolute atomic E-state index is 0.820. The van der Waals surface area contributed by atoms with Gasteiger partial charge in [-0.2, -0.15) is 5.10 Å². The summed E-state index contributed by atoms with van der Waals surface area (Å²) in [6, 6.07) is 34.1. The van der Waals surface area contributed by atoms with Gasteiger partial charge in [0, 0.05) is 17.1 Å². The molecule has 0 radical (unpaired) electrons. The van der Waals surface area contributed by atoms with Crippen molar-refractivity contribution in [1.29, 1.82) is 0 Å². The third-order valence-corrected chi connectivity index (χ3v) is 4.99. The second-order valence-electron chi connectivity index (χ2n) is 7.06. The van der Waals surface area contributed by atoms with Crippen LogP contribution < -0.4 is 19.8 Å². The lowest BCUT2D eigenvalue weighted by molar-refractivity contribution is 0.415. The number of methoxy groups -OCH3 is 2. The summed E-state index contributed by atoms with van der Waals surface area (Å²) in [6.45, 7) is 0. The summed E-state index contributed by atoms with van der Waals surface area (Å²) in [4.78, 5) is 2.18. The molecule has 5 heteroatoms. The molecule has 0 aliphatic rings. The van der Waals surface area contributed by atoms with Gasteiger partial charge in [0.25, 0.3) is 0 Å². The van der Waals surface area contributed by atoms with Crippen molar-refractivity contribution in [2.45, 2.75) is 0 Å². The summed E-state index contributed by atoms with van der Waals surface area (Å²) in [7, 11) is 3.34. The molecular formula is C27H25N3O2. The molecule has 0 spiro atoms. The van der Waals surface area contributed by atoms with Crippen molar-refractivity contribution >= 4 is 29.0 Å². The van der Waals surface area contributed by atoms with Gasteiger partial charge < -0.3 is 14.4 Å². The predicted octanol–water partition coefficient (Wildman–Crippen LogP) is 6.62. The lowest BCUT2D eigenvalue weighted by atomic mass is 10.1. The van der Waals surface area contributed by atoms with Crippen LogP contribution in [0.1, 0.15) is 5.56 Å². The van der Waals surface area contributed by atoms with Gasteiger partial charge in [-0.1, -0.05) is 30.3 Å². The molecule has 4 rings (SSSR count). The third kappa shape index (κ3) is 5.08. The van der Waals surface area contributed by atoms with Crippen molar-refractivity contribution in [1.82, 2.24) is 0 Å². The standard InChI is InChI=1S/C27H25N3O2/c1-31-26-16-12-24(13-17-26)30(25-14-18-27(32-2)19-15-25)23-10-8-21(9-11-23)20-28-29-22-6-4-3-5-7-22/h3-20,29H,1-2H3/b28-20+. The van der Waals surface area contributed by atoms with E-state index >= 15 is 0 Å². The van der Waals surface area contributed by atoms with Crippen LogP contribution in [0.25, 0.3) is 0 Å². The molecule has 0 amide bonds. The highest BCUT2D eigenvalue weighted by molar-refractivity contribution is 5.83. The van der Waals surface area contributed by atoms with Gasteiger partial charge in [0.1, 0.15) is 11.5 Å². The Labute approximate surface area is 188 Å². The minimum atomic E-state index is 0.820. The monoisotopic (exact) mass is 423 g/mol. The van der Waals surface area contributed by atoms with Crippen LogP contribution in [0.3, 0.4) is 0 Å². The van der Waals surface area contributed by atoms with Crippen molar-refractivity contribution in [3.8, 4) is 11.5 Å². The molecule has 0 aliphatic heterocycles. The van der Waals surface area contributed by atoms with Gasteiger partial charge in [-0.3, -0.25) is 5.43 Å². The zero-order valence-electron chi connectivity index (χ0n) is 18.1. The zero-order chi connectivity index (χ0) is 22.2. The highest BCUT2D eigenvalue weighted by Gasteiger charge is 2.12. The number of hydrogen-bond donors (Lipinski definition) is 1. The molecule has 0 unspecified atom stereocenters. The predicted molar refractivity (Wildman–Crippen MR) is 132 cm³/mol. The van der Waals surface area contributed by atoms with E-state index in [-0.39, 0.29) is 0 Å². The van der Waals surface area contributed by atoms with Gasteiger partial charge in [-0.25, -0.2) is 0 Å². The first kappa shape index (κ1) is 21.0. The maximum Gasteiger partial charge on any atom is 0.119 e. The maximum atomic E-state index is 5.32. The largest absolute Gasteiger partial charge is 0.497 e. The van der Waals surface area contributed by atoms with Crippen molar-refractivity contribution in [3.05, 3.63) is 109 Å². The Hall–Kier alpha value is -4.25. The molecule has 4 aromatic carbocycles. The van der Waals surface area contributed by atoms with Gasteiger partial charge in [-0.15, -0.1) is 0 Å². The van der Waals surface area contributed by atoms with E-state index in [1.54, 1.807) is 14.2 Å². The fraction of sp³-hybridized carbons (Fsp3) is 0.0741. The summed E-state index contributed by atoms with van der Waals surface area (Å²) < 4.78 is 10.6. The number of rotatable bonds is 8. The molecule has 5 nitrogen and oxygen atoms in total. The van der Waals surface area contributed by atoms with E-state index in [2.05, 4.69) is 27.6 Å². The van der Waals surface area contributed by atoms with Crippen molar-refractivity contribution < 1.29 is 9.47 Å². The number of nitrogens with one attached hydrogen (secondary N) is 1. The fourth-order valence-electron chi connectivity index (χ4n) is 3.31. The highest BCUT2D eigenvalue weighted by atomic mass is 16.5. The average Bonchev–Trinajstić information content (AvgIpc) is 2.87. The van der Waals surface area contributed by atoms with Gasteiger partial charge in [0.05, 0.1) is 26.1 Å². The number of anilines is 4. The first-order valence-electron chi connectivity index (χ1n) is 10.3. The Morgan fingerprint density at radius 3 is 1.56 bits per heavy atom. The summed E-state index contributed by atoms with van der Waals surface area (Å²) in [5.74, 6) is 1.64. The third-order valence-electron chi connectivity index (χ3n) is 4.99. The molecule has 4 aromatic rings. The molecule has 0 atom stereocenters. The molecule has 0 saturated heterocycles. The first-order chi connectivity index (χ1) is 15.8. The zero-order valence-corrected chi connectivity index (χ0v) is 18.1. The van der Waals surface area contributed by atoms with Crippen molar-refractivity contribution in [3.63, 3.8) is 0 Å². The summed E-state index contributed by atoms with van der Waals surface area (Å²) >= 11 is 0. The average molecular weight is 424 g/mol. The molecule has 160 valence electrons. The van der Waals surface area contributed by atoms with Crippen LogP contribution in [-0.2, 0) is 0 Å². The fourth-order valence-corrected chi connectivity index (χ4v) is 3.31. The Kier molecular flexibility index (Phi) is 6.68. The molecule has 32 heavy (non-hydrogen) atoms. The molecule has 0 bridgehead atoms. The lowest BCUT2D eigenvalue weighted by Gasteiger charge is -2.25. The van der Waals surface area contributed by atoms with Crippen LogP contribution in [0, 0.1) is 0 Å². The van der Waals surface area contributed by atoms with Crippen molar-refractivity contribution in [2.24, 2.45) is 5.10 Å². The Balaban J connectivity index is 1.59.